The van der Waals surface area contributed by atoms with Gasteiger partial charge in [0, 0.05) is 17.1 Å². The third-order valence-corrected chi connectivity index (χ3v) is 3.25. The van der Waals surface area contributed by atoms with Crippen LogP contribution >= 0.6 is 0 Å². The second kappa shape index (κ2) is 4.00. The second-order valence-electron chi connectivity index (χ2n) is 4.75. The van der Waals surface area contributed by atoms with Gasteiger partial charge in [0.1, 0.15) is 17.4 Å². The van der Waals surface area contributed by atoms with E-state index in [-0.39, 0.29) is 6.10 Å². The monoisotopic (exact) mass is 228 g/mol. The summed E-state index contributed by atoms with van der Waals surface area (Å²) in [4.78, 5) is 4.55. The Bertz CT molecular complexity index is 547. The van der Waals surface area contributed by atoms with Crippen molar-refractivity contribution in [1.82, 2.24) is 4.98 Å². The summed E-state index contributed by atoms with van der Waals surface area (Å²) in [6.07, 6.45) is 2.16. The van der Waals surface area contributed by atoms with Crippen molar-refractivity contribution in [2.24, 2.45) is 5.73 Å². The van der Waals surface area contributed by atoms with E-state index in [4.69, 9.17) is 10.5 Å². The second-order valence-corrected chi connectivity index (χ2v) is 4.75. The van der Waals surface area contributed by atoms with Gasteiger partial charge >= 0.3 is 0 Å². The quantitative estimate of drug-likeness (QED) is 0.858. The minimum absolute atomic E-state index is 0.262. The molecule has 1 aliphatic carbocycles. The fraction of sp³-hybridized carbons (Fsp3) is 0.357. The number of pyridine rings is 1. The largest absolute Gasteiger partial charge is 0.488 e. The molecule has 1 aliphatic rings. The zero-order valence-corrected chi connectivity index (χ0v) is 9.89. The smallest absolute Gasteiger partial charge is 0.145 e. The summed E-state index contributed by atoms with van der Waals surface area (Å²) in [5, 5.41) is 1.12. The van der Waals surface area contributed by atoms with E-state index in [9.17, 15) is 0 Å². The van der Waals surface area contributed by atoms with Crippen LogP contribution in [-0.2, 0) is 0 Å². The van der Waals surface area contributed by atoms with Crippen molar-refractivity contribution in [2.75, 3.05) is 0 Å². The molecule has 0 saturated heterocycles. The van der Waals surface area contributed by atoms with E-state index >= 15 is 0 Å². The van der Waals surface area contributed by atoms with Crippen LogP contribution in [0.15, 0.2) is 30.3 Å². The van der Waals surface area contributed by atoms with Crippen molar-refractivity contribution in [3.8, 4) is 5.75 Å². The highest BCUT2D eigenvalue weighted by atomic mass is 16.5. The van der Waals surface area contributed by atoms with Crippen LogP contribution in [0.25, 0.3) is 10.9 Å². The van der Waals surface area contributed by atoms with Crippen LogP contribution in [0.1, 0.15) is 18.5 Å². The van der Waals surface area contributed by atoms with Crippen LogP contribution in [0.2, 0.25) is 0 Å². The molecule has 3 rings (SSSR count). The van der Waals surface area contributed by atoms with Crippen LogP contribution in [0, 0.1) is 6.92 Å². The topological polar surface area (TPSA) is 48.1 Å². The molecule has 0 aliphatic heterocycles. The Balaban J connectivity index is 1.95. The molecular formula is C14H16N2O. The highest BCUT2D eigenvalue weighted by Gasteiger charge is 2.28. The molecule has 1 aromatic carbocycles. The van der Waals surface area contributed by atoms with E-state index in [1.807, 2.05) is 25.1 Å². The molecular weight excluding hydrogens is 212 g/mol. The summed E-state index contributed by atoms with van der Waals surface area (Å²) in [7, 11) is 0. The fourth-order valence-corrected chi connectivity index (χ4v) is 2.19. The molecule has 1 aromatic heterocycles. The number of hydrogen-bond acceptors (Lipinski definition) is 3. The highest BCUT2D eigenvalue weighted by molar-refractivity contribution is 5.84. The Morgan fingerprint density at radius 3 is 2.82 bits per heavy atom. The molecule has 0 amide bonds. The standard InChI is InChI=1S/C14H16N2O/c1-9-5-6-10-3-2-4-13(14(10)16-9)17-12-7-11(15)8-12/h2-6,11-12H,7-8,15H2,1H3. The van der Waals surface area contributed by atoms with Crippen molar-refractivity contribution in [3.63, 3.8) is 0 Å². The van der Waals surface area contributed by atoms with E-state index in [0.717, 1.165) is 35.2 Å². The fourth-order valence-electron chi connectivity index (χ4n) is 2.19. The first-order valence-corrected chi connectivity index (χ1v) is 6.01. The molecule has 1 fully saturated rings. The van der Waals surface area contributed by atoms with Crippen LogP contribution in [0.4, 0.5) is 0 Å². The van der Waals surface area contributed by atoms with Gasteiger partial charge in [0.2, 0.25) is 0 Å². The molecule has 0 radical (unpaired) electrons. The Kier molecular flexibility index (Phi) is 2.48. The first kappa shape index (κ1) is 10.5. The predicted molar refractivity (Wildman–Crippen MR) is 68.1 cm³/mol. The number of aromatic nitrogens is 1. The van der Waals surface area contributed by atoms with Gasteiger partial charge in [-0.3, -0.25) is 0 Å². The normalized spacial score (nSPS) is 23.4. The van der Waals surface area contributed by atoms with E-state index in [1.165, 1.54) is 0 Å². The maximum atomic E-state index is 5.95. The molecule has 88 valence electrons. The van der Waals surface area contributed by atoms with E-state index in [1.54, 1.807) is 0 Å². The van der Waals surface area contributed by atoms with Crippen molar-refractivity contribution in [1.29, 1.82) is 0 Å². The van der Waals surface area contributed by atoms with Gasteiger partial charge in [-0.05, 0) is 31.9 Å². The first-order chi connectivity index (χ1) is 8.22. The van der Waals surface area contributed by atoms with Crippen LogP contribution in [0.5, 0.6) is 5.75 Å². The van der Waals surface area contributed by atoms with Gasteiger partial charge in [-0.2, -0.15) is 0 Å². The molecule has 2 N–H and O–H groups in total. The number of benzene rings is 1. The lowest BCUT2D eigenvalue weighted by Crippen LogP contribution is -2.43. The van der Waals surface area contributed by atoms with Crippen LogP contribution in [0.3, 0.4) is 0 Å². The lowest BCUT2D eigenvalue weighted by molar-refractivity contribution is 0.102. The molecule has 3 heteroatoms. The Labute approximate surface area is 101 Å². The molecule has 0 bridgehead atoms. The summed E-state index contributed by atoms with van der Waals surface area (Å²) in [5.41, 5.74) is 7.73. The number of ether oxygens (including phenoxy) is 1. The molecule has 0 spiro atoms. The number of nitrogens with zero attached hydrogens (tertiary/aromatic N) is 1. The van der Waals surface area contributed by atoms with Crippen molar-refractivity contribution >= 4 is 10.9 Å². The van der Waals surface area contributed by atoms with Gasteiger partial charge in [-0.1, -0.05) is 18.2 Å². The lowest BCUT2D eigenvalue weighted by Gasteiger charge is -2.32. The summed E-state index contributed by atoms with van der Waals surface area (Å²) < 4.78 is 5.95. The number of aryl methyl sites for hydroxylation is 1. The number of rotatable bonds is 2. The Hall–Kier alpha value is -1.61. The van der Waals surface area contributed by atoms with E-state index < -0.39 is 0 Å². The minimum atomic E-state index is 0.262. The first-order valence-electron chi connectivity index (χ1n) is 6.01. The van der Waals surface area contributed by atoms with E-state index in [0.29, 0.717) is 6.04 Å². The summed E-state index contributed by atoms with van der Waals surface area (Å²) in [6.45, 7) is 2.00. The van der Waals surface area contributed by atoms with Gasteiger partial charge in [0.25, 0.3) is 0 Å². The van der Waals surface area contributed by atoms with Gasteiger partial charge in [-0.25, -0.2) is 4.98 Å². The third-order valence-electron chi connectivity index (χ3n) is 3.25. The van der Waals surface area contributed by atoms with E-state index in [2.05, 4.69) is 17.1 Å². The van der Waals surface area contributed by atoms with Crippen molar-refractivity contribution in [3.05, 3.63) is 36.0 Å². The van der Waals surface area contributed by atoms with Gasteiger partial charge in [0.05, 0.1) is 0 Å². The summed E-state index contributed by atoms with van der Waals surface area (Å²) in [5.74, 6) is 0.878. The van der Waals surface area contributed by atoms with Gasteiger partial charge < -0.3 is 10.5 Å². The minimum Gasteiger partial charge on any atom is -0.488 e. The molecule has 3 nitrogen and oxygen atoms in total. The zero-order chi connectivity index (χ0) is 11.8. The molecule has 17 heavy (non-hydrogen) atoms. The molecule has 2 aromatic rings. The number of fused-ring (bicyclic) bond motifs is 1. The van der Waals surface area contributed by atoms with Gasteiger partial charge in [0.15, 0.2) is 0 Å². The van der Waals surface area contributed by atoms with Crippen LogP contribution in [-0.4, -0.2) is 17.1 Å². The van der Waals surface area contributed by atoms with Crippen molar-refractivity contribution < 1.29 is 4.74 Å². The average molecular weight is 228 g/mol. The van der Waals surface area contributed by atoms with Crippen molar-refractivity contribution in [2.45, 2.75) is 31.9 Å². The highest BCUT2D eigenvalue weighted by Crippen LogP contribution is 2.29. The van der Waals surface area contributed by atoms with Gasteiger partial charge in [-0.15, -0.1) is 0 Å². The SMILES string of the molecule is Cc1ccc2cccc(OC3CC(N)C3)c2n1. The number of nitrogens with two attached hydrogens (primary N) is 1. The zero-order valence-electron chi connectivity index (χ0n) is 9.89. The average Bonchev–Trinajstić information content (AvgIpc) is 2.28. The number of para-hydroxylation sites is 1. The summed E-state index contributed by atoms with van der Waals surface area (Å²) in [6, 6.07) is 10.5. The molecule has 0 unspecified atom stereocenters. The van der Waals surface area contributed by atoms with Crippen LogP contribution < -0.4 is 10.5 Å². The molecule has 1 saturated carbocycles. The lowest BCUT2D eigenvalue weighted by atomic mass is 9.90. The predicted octanol–water partition coefficient (Wildman–Crippen LogP) is 2.41. The third kappa shape index (κ3) is 1.98. The maximum absolute atomic E-state index is 5.95. The summed E-state index contributed by atoms with van der Waals surface area (Å²) >= 11 is 0. The Morgan fingerprint density at radius 1 is 1.24 bits per heavy atom. The molecule has 0 atom stereocenters. The maximum Gasteiger partial charge on any atom is 0.145 e. The Morgan fingerprint density at radius 2 is 2.06 bits per heavy atom. The number of hydrogen-bond donors (Lipinski definition) is 1. The molecule has 1 heterocycles.